The van der Waals surface area contributed by atoms with Crippen molar-refractivity contribution < 1.29 is 9.53 Å². The van der Waals surface area contributed by atoms with E-state index in [-0.39, 0.29) is 12.1 Å². The summed E-state index contributed by atoms with van der Waals surface area (Å²) in [7, 11) is 1.64. The molecule has 0 saturated heterocycles. The van der Waals surface area contributed by atoms with Gasteiger partial charge in [-0.05, 0) is 80.1 Å². The molecular weight excluding hydrogens is 454 g/mol. The number of methoxy groups -OCH3 is 1. The van der Waals surface area contributed by atoms with Crippen molar-refractivity contribution in [3.63, 3.8) is 0 Å². The van der Waals surface area contributed by atoms with Crippen molar-refractivity contribution in [1.82, 2.24) is 9.47 Å². The van der Waals surface area contributed by atoms with Gasteiger partial charge in [0.25, 0.3) is 0 Å². The van der Waals surface area contributed by atoms with E-state index in [9.17, 15) is 4.79 Å². The third-order valence-corrected chi connectivity index (χ3v) is 8.47. The standard InChI is InChI=1S/C29H29N3O2S/c1-19-7-5-8-20(17-19)27-25-10-6-16-31(25)28-24(23-9-3-4-11-26(23)35-28)18-32(27)29(33)30-21-12-14-22(34-2)15-13-21/h5-8,10,12-17,27H,3-4,9,11,18H2,1-2H3,(H,30,33). The fraction of sp³-hybridized carbons (Fsp3) is 0.276. The number of anilines is 1. The predicted molar refractivity (Wildman–Crippen MR) is 141 cm³/mol. The van der Waals surface area contributed by atoms with E-state index in [1.54, 1.807) is 7.11 Å². The molecule has 35 heavy (non-hydrogen) atoms. The van der Waals surface area contributed by atoms with Crippen molar-refractivity contribution in [2.75, 3.05) is 12.4 Å². The van der Waals surface area contributed by atoms with Crippen LogP contribution < -0.4 is 10.1 Å². The molecule has 1 atom stereocenters. The molecule has 6 rings (SSSR count). The van der Waals surface area contributed by atoms with Gasteiger partial charge in [-0.25, -0.2) is 4.79 Å². The Hall–Kier alpha value is -3.51. The molecule has 2 aromatic heterocycles. The van der Waals surface area contributed by atoms with Crippen LogP contribution in [0.15, 0.2) is 66.9 Å². The van der Waals surface area contributed by atoms with Crippen LogP contribution in [0.3, 0.4) is 0 Å². The van der Waals surface area contributed by atoms with Crippen molar-refractivity contribution in [1.29, 1.82) is 0 Å². The van der Waals surface area contributed by atoms with E-state index in [1.807, 2.05) is 40.5 Å². The number of ether oxygens (including phenoxy) is 1. The Kier molecular flexibility index (Phi) is 5.61. The van der Waals surface area contributed by atoms with Crippen LogP contribution in [0.1, 0.15) is 51.7 Å². The van der Waals surface area contributed by atoms with Crippen molar-refractivity contribution >= 4 is 23.1 Å². The highest BCUT2D eigenvalue weighted by Crippen LogP contribution is 2.44. The molecule has 3 heterocycles. The highest BCUT2D eigenvalue weighted by atomic mass is 32.1. The van der Waals surface area contributed by atoms with E-state index in [2.05, 4.69) is 59.4 Å². The molecule has 0 radical (unpaired) electrons. The number of benzene rings is 2. The summed E-state index contributed by atoms with van der Waals surface area (Å²) >= 11 is 1.91. The number of amides is 2. The highest BCUT2D eigenvalue weighted by Gasteiger charge is 2.36. The van der Waals surface area contributed by atoms with Gasteiger partial charge in [-0.1, -0.05) is 29.8 Å². The van der Waals surface area contributed by atoms with E-state index in [1.165, 1.54) is 39.4 Å². The first-order valence-electron chi connectivity index (χ1n) is 12.2. The molecule has 1 aliphatic carbocycles. The summed E-state index contributed by atoms with van der Waals surface area (Å²) in [6.07, 6.45) is 6.86. The van der Waals surface area contributed by atoms with Crippen LogP contribution in [0.5, 0.6) is 5.75 Å². The number of nitrogens with one attached hydrogen (secondary N) is 1. The summed E-state index contributed by atoms with van der Waals surface area (Å²) in [5, 5.41) is 4.43. The van der Waals surface area contributed by atoms with Crippen LogP contribution >= 0.6 is 11.3 Å². The smallest absolute Gasteiger partial charge is 0.322 e. The van der Waals surface area contributed by atoms with E-state index in [4.69, 9.17) is 4.74 Å². The summed E-state index contributed by atoms with van der Waals surface area (Å²) in [5.41, 5.74) is 6.96. The lowest BCUT2D eigenvalue weighted by Gasteiger charge is -2.31. The van der Waals surface area contributed by atoms with Gasteiger partial charge in [0.2, 0.25) is 0 Å². The Balaban J connectivity index is 1.47. The number of hydrogen-bond acceptors (Lipinski definition) is 3. The third-order valence-electron chi connectivity index (χ3n) is 7.14. The number of thiophene rings is 1. The summed E-state index contributed by atoms with van der Waals surface area (Å²) in [6, 6.07) is 20.0. The van der Waals surface area contributed by atoms with Gasteiger partial charge < -0.3 is 19.5 Å². The average Bonchev–Trinajstić information content (AvgIpc) is 3.46. The monoisotopic (exact) mass is 483 g/mol. The molecule has 0 fully saturated rings. The largest absolute Gasteiger partial charge is 0.497 e. The minimum Gasteiger partial charge on any atom is -0.497 e. The number of urea groups is 1. The first-order valence-corrected chi connectivity index (χ1v) is 13.0. The van der Waals surface area contributed by atoms with Crippen LogP contribution in [-0.4, -0.2) is 22.6 Å². The van der Waals surface area contributed by atoms with Gasteiger partial charge in [0.05, 0.1) is 25.4 Å². The maximum absolute atomic E-state index is 14.0. The van der Waals surface area contributed by atoms with E-state index >= 15 is 0 Å². The molecule has 5 nitrogen and oxygen atoms in total. The second kappa shape index (κ2) is 8.93. The van der Waals surface area contributed by atoms with Gasteiger partial charge in [-0.15, -0.1) is 11.3 Å². The molecule has 1 N–H and O–H groups in total. The molecule has 2 aliphatic rings. The number of aromatic nitrogens is 1. The molecule has 4 aromatic rings. The van der Waals surface area contributed by atoms with E-state index < -0.39 is 0 Å². The normalized spacial score (nSPS) is 16.6. The number of carbonyl (C=O) groups is 1. The minimum atomic E-state index is -0.193. The first kappa shape index (κ1) is 22.0. The van der Waals surface area contributed by atoms with Crippen molar-refractivity contribution in [2.24, 2.45) is 0 Å². The molecule has 0 saturated carbocycles. The lowest BCUT2D eigenvalue weighted by atomic mass is 9.95. The average molecular weight is 484 g/mol. The third kappa shape index (κ3) is 3.92. The van der Waals surface area contributed by atoms with Crippen LogP contribution in [0.25, 0.3) is 5.00 Å². The number of aryl methyl sites for hydroxylation is 2. The second-order valence-corrected chi connectivity index (χ2v) is 10.5. The Morgan fingerprint density at radius 1 is 1.03 bits per heavy atom. The lowest BCUT2D eigenvalue weighted by Crippen LogP contribution is -2.38. The van der Waals surface area contributed by atoms with Crippen molar-refractivity contribution in [3.05, 3.63) is 99.7 Å². The summed E-state index contributed by atoms with van der Waals surface area (Å²) < 4.78 is 7.61. The molecule has 2 aromatic carbocycles. The van der Waals surface area contributed by atoms with E-state index in [0.717, 1.165) is 35.5 Å². The Morgan fingerprint density at radius 2 is 1.86 bits per heavy atom. The number of nitrogens with zero attached hydrogens (tertiary/aromatic N) is 2. The first-order chi connectivity index (χ1) is 17.1. The highest BCUT2D eigenvalue weighted by molar-refractivity contribution is 7.15. The van der Waals surface area contributed by atoms with Crippen molar-refractivity contribution in [2.45, 2.75) is 45.2 Å². The number of rotatable bonds is 3. The van der Waals surface area contributed by atoms with Crippen LogP contribution in [-0.2, 0) is 19.4 Å². The summed E-state index contributed by atoms with van der Waals surface area (Å²) in [4.78, 5) is 17.5. The Bertz CT molecular complexity index is 1390. The van der Waals surface area contributed by atoms with Crippen LogP contribution in [0, 0.1) is 6.92 Å². The summed E-state index contributed by atoms with van der Waals surface area (Å²) in [6.45, 7) is 2.69. The minimum absolute atomic E-state index is 0.0990. The second-order valence-electron chi connectivity index (χ2n) is 9.40. The topological polar surface area (TPSA) is 46.5 Å². The van der Waals surface area contributed by atoms with Gasteiger partial charge >= 0.3 is 6.03 Å². The fourth-order valence-electron chi connectivity index (χ4n) is 5.45. The molecule has 2 amide bonds. The number of carbonyl (C=O) groups excluding carboxylic acids is 1. The van der Waals surface area contributed by atoms with Crippen LogP contribution in [0.4, 0.5) is 10.5 Å². The zero-order valence-electron chi connectivity index (χ0n) is 20.1. The van der Waals surface area contributed by atoms with Gasteiger partial charge in [-0.3, -0.25) is 0 Å². The number of fused-ring (bicyclic) bond motifs is 5. The molecular formula is C29H29N3O2S. The maximum Gasteiger partial charge on any atom is 0.322 e. The van der Waals surface area contributed by atoms with Gasteiger partial charge in [-0.2, -0.15) is 0 Å². The SMILES string of the molecule is COc1ccc(NC(=O)N2Cc3c(sc4c3CCCC4)-n3cccc3C2c2cccc(C)c2)cc1. The predicted octanol–water partition coefficient (Wildman–Crippen LogP) is 6.87. The molecule has 0 spiro atoms. The Morgan fingerprint density at radius 3 is 2.66 bits per heavy atom. The Labute approximate surface area is 210 Å². The molecule has 6 heteroatoms. The zero-order valence-corrected chi connectivity index (χ0v) is 20.9. The van der Waals surface area contributed by atoms with Gasteiger partial charge in [0, 0.05) is 22.3 Å². The number of hydrogen-bond donors (Lipinski definition) is 1. The molecule has 178 valence electrons. The van der Waals surface area contributed by atoms with Gasteiger partial charge in [0.1, 0.15) is 10.8 Å². The molecule has 1 unspecified atom stereocenters. The van der Waals surface area contributed by atoms with Crippen LogP contribution in [0.2, 0.25) is 0 Å². The molecule has 1 aliphatic heterocycles. The van der Waals surface area contributed by atoms with E-state index in [0.29, 0.717) is 6.54 Å². The summed E-state index contributed by atoms with van der Waals surface area (Å²) in [5.74, 6) is 0.766. The fourth-order valence-corrected chi connectivity index (χ4v) is 6.85. The quantitative estimate of drug-likeness (QED) is 0.346. The molecule has 0 bridgehead atoms. The van der Waals surface area contributed by atoms with Crippen molar-refractivity contribution in [3.8, 4) is 10.8 Å². The maximum atomic E-state index is 14.0. The van der Waals surface area contributed by atoms with Gasteiger partial charge in [0.15, 0.2) is 0 Å². The lowest BCUT2D eigenvalue weighted by molar-refractivity contribution is 0.194. The zero-order chi connectivity index (χ0) is 23.9.